The maximum atomic E-state index is 11.8. The lowest BCUT2D eigenvalue weighted by Crippen LogP contribution is -2.10. The molecule has 0 aromatic heterocycles. The van der Waals surface area contributed by atoms with E-state index in [2.05, 4.69) is 10.6 Å². The molecule has 3 rings (SSSR count). The molecule has 0 spiro atoms. The van der Waals surface area contributed by atoms with Crippen LogP contribution in [0.4, 0.5) is 11.4 Å². The Balaban J connectivity index is 1.83. The van der Waals surface area contributed by atoms with Crippen molar-refractivity contribution in [3.05, 3.63) is 120 Å². The summed E-state index contributed by atoms with van der Waals surface area (Å²) < 4.78 is 0. The van der Waals surface area contributed by atoms with Gasteiger partial charge < -0.3 is 20.8 Å². The number of carbonyl (C=O) groups excluding carboxylic acids is 2. The van der Waals surface area contributed by atoms with Gasteiger partial charge in [0.05, 0.1) is 0 Å². The van der Waals surface area contributed by atoms with Gasteiger partial charge in [-0.25, -0.2) is 9.59 Å². The quantitative estimate of drug-likeness (QED) is 0.276. The standard InChI is InChI=1S/C27H22N2O6/c30-23(14-16-25(32)33)28-21-10-6-19(7-11-21)27(18-4-2-1-3-5-18)20-8-12-22(13-9-20)29-24(31)15-17-26(34)35/h1-17,27H,(H,28,30)(H,29,31)(H,32,33)(H,34,35)/b16-14+,17-15+. The number of carboxylic acid groups (broad SMARTS) is 2. The third-order valence-electron chi connectivity index (χ3n) is 4.91. The molecule has 8 nitrogen and oxygen atoms in total. The molecule has 0 saturated heterocycles. The number of hydrogen-bond donors (Lipinski definition) is 4. The van der Waals surface area contributed by atoms with Crippen molar-refractivity contribution in [2.45, 2.75) is 5.92 Å². The summed E-state index contributed by atoms with van der Waals surface area (Å²) >= 11 is 0. The Hall–Kier alpha value is -4.98. The molecule has 0 bridgehead atoms. The van der Waals surface area contributed by atoms with Gasteiger partial charge in [-0.1, -0.05) is 54.6 Å². The van der Waals surface area contributed by atoms with Crippen molar-refractivity contribution in [2.75, 3.05) is 10.6 Å². The van der Waals surface area contributed by atoms with Gasteiger partial charge in [0.1, 0.15) is 0 Å². The lowest BCUT2D eigenvalue weighted by molar-refractivity contribution is -0.132. The Bertz CT molecular complexity index is 1180. The van der Waals surface area contributed by atoms with Gasteiger partial charge in [-0.15, -0.1) is 0 Å². The summed E-state index contributed by atoms with van der Waals surface area (Å²) in [5.74, 6) is -3.64. The lowest BCUT2D eigenvalue weighted by atomic mass is 9.85. The summed E-state index contributed by atoms with van der Waals surface area (Å²) in [7, 11) is 0. The summed E-state index contributed by atoms with van der Waals surface area (Å²) in [6, 6.07) is 24.3. The molecule has 8 heteroatoms. The highest BCUT2D eigenvalue weighted by Crippen LogP contribution is 2.33. The first-order chi connectivity index (χ1) is 16.8. The molecule has 0 saturated carbocycles. The average Bonchev–Trinajstić information content (AvgIpc) is 2.84. The lowest BCUT2D eigenvalue weighted by Gasteiger charge is -2.20. The molecule has 0 unspecified atom stereocenters. The van der Waals surface area contributed by atoms with Gasteiger partial charge in [-0.05, 0) is 41.0 Å². The van der Waals surface area contributed by atoms with Gasteiger partial charge in [0.25, 0.3) is 0 Å². The van der Waals surface area contributed by atoms with Gasteiger partial charge in [0.2, 0.25) is 11.8 Å². The van der Waals surface area contributed by atoms with Gasteiger partial charge >= 0.3 is 11.9 Å². The van der Waals surface area contributed by atoms with Crippen LogP contribution in [0.1, 0.15) is 22.6 Å². The normalized spacial score (nSPS) is 11.0. The molecule has 2 amide bonds. The van der Waals surface area contributed by atoms with Crippen molar-refractivity contribution in [3.8, 4) is 0 Å². The zero-order valence-electron chi connectivity index (χ0n) is 18.4. The van der Waals surface area contributed by atoms with E-state index in [-0.39, 0.29) is 5.92 Å². The second-order valence-corrected chi connectivity index (χ2v) is 7.41. The Kier molecular flexibility index (Phi) is 8.28. The summed E-state index contributed by atoms with van der Waals surface area (Å²) in [4.78, 5) is 44.8. The highest BCUT2D eigenvalue weighted by atomic mass is 16.4. The molecule has 3 aromatic rings. The topological polar surface area (TPSA) is 133 Å². The van der Waals surface area contributed by atoms with Gasteiger partial charge in [-0.2, -0.15) is 0 Å². The second kappa shape index (κ2) is 11.8. The molecule has 0 fully saturated rings. The number of benzene rings is 3. The average molecular weight is 470 g/mol. The fourth-order valence-electron chi connectivity index (χ4n) is 3.40. The summed E-state index contributed by atoms with van der Waals surface area (Å²) in [6.07, 6.45) is 3.43. The number of anilines is 2. The van der Waals surface area contributed by atoms with Crippen molar-refractivity contribution in [3.63, 3.8) is 0 Å². The Morgan fingerprint density at radius 1 is 0.543 bits per heavy atom. The minimum Gasteiger partial charge on any atom is -0.478 e. The van der Waals surface area contributed by atoms with Gasteiger partial charge in [0, 0.05) is 41.6 Å². The van der Waals surface area contributed by atoms with E-state index < -0.39 is 23.8 Å². The van der Waals surface area contributed by atoms with Crippen LogP contribution in [0, 0.1) is 0 Å². The second-order valence-electron chi connectivity index (χ2n) is 7.41. The Labute approximate surface area is 201 Å². The van der Waals surface area contributed by atoms with Crippen molar-refractivity contribution in [1.82, 2.24) is 0 Å². The third kappa shape index (κ3) is 7.54. The maximum absolute atomic E-state index is 11.8. The number of carboxylic acids is 2. The van der Waals surface area contributed by atoms with Crippen LogP contribution < -0.4 is 10.6 Å². The predicted molar refractivity (Wildman–Crippen MR) is 131 cm³/mol. The van der Waals surface area contributed by atoms with Gasteiger partial charge in [0.15, 0.2) is 0 Å². The minimum absolute atomic E-state index is 0.135. The van der Waals surface area contributed by atoms with Crippen molar-refractivity contribution < 1.29 is 29.4 Å². The highest BCUT2D eigenvalue weighted by molar-refractivity contribution is 6.03. The SMILES string of the molecule is O=C(O)/C=C/C(=O)Nc1ccc(C(c2ccccc2)c2ccc(NC(=O)/C=C/C(=O)O)cc2)cc1. The van der Waals surface area contributed by atoms with Crippen LogP contribution in [-0.4, -0.2) is 34.0 Å². The Morgan fingerprint density at radius 2 is 0.914 bits per heavy atom. The zero-order chi connectivity index (χ0) is 25.2. The minimum atomic E-state index is -1.21. The van der Waals surface area contributed by atoms with Crippen LogP contribution in [-0.2, 0) is 19.2 Å². The third-order valence-corrected chi connectivity index (χ3v) is 4.91. The van der Waals surface area contributed by atoms with Crippen molar-refractivity contribution >= 4 is 35.1 Å². The highest BCUT2D eigenvalue weighted by Gasteiger charge is 2.17. The van der Waals surface area contributed by atoms with Crippen molar-refractivity contribution in [2.24, 2.45) is 0 Å². The monoisotopic (exact) mass is 470 g/mol. The molecule has 3 aromatic carbocycles. The number of carbonyl (C=O) groups is 4. The van der Waals surface area contributed by atoms with Crippen LogP contribution in [0.15, 0.2) is 103 Å². The number of amides is 2. The largest absolute Gasteiger partial charge is 0.478 e. The first kappa shape index (κ1) is 24.7. The zero-order valence-corrected chi connectivity index (χ0v) is 18.4. The summed E-state index contributed by atoms with van der Waals surface area (Å²) in [6.45, 7) is 0. The first-order valence-corrected chi connectivity index (χ1v) is 10.5. The van der Waals surface area contributed by atoms with E-state index in [0.717, 1.165) is 41.0 Å². The van der Waals surface area contributed by atoms with Crippen molar-refractivity contribution in [1.29, 1.82) is 0 Å². The van der Waals surface area contributed by atoms with E-state index in [0.29, 0.717) is 11.4 Å². The number of hydrogen-bond acceptors (Lipinski definition) is 4. The van der Waals surface area contributed by atoms with Crippen LogP contribution >= 0.6 is 0 Å². The number of aliphatic carboxylic acids is 2. The molecular weight excluding hydrogens is 448 g/mol. The van der Waals surface area contributed by atoms with E-state index in [1.54, 1.807) is 24.3 Å². The molecule has 0 atom stereocenters. The van der Waals surface area contributed by atoms with E-state index in [1.165, 1.54) is 0 Å². The molecule has 4 N–H and O–H groups in total. The molecule has 0 aliphatic rings. The van der Waals surface area contributed by atoms with E-state index in [4.69, 9.17) is 10.2 Å². The Morgan fingerprint density at radius 3 is 1.29 bits per heavy atom. The molecular formula is C27H22N2O6. The molecule has 176 valence electrons. The summed E-state index contributed by atoms with van der Waals surface area (Å²) in [5.41, 5.74) is 3.99. The maximum Gasteiger partial charge on any atom is 0.328 e. The van der Waals surface area contributed by atoms with Gasteiger partial charge in [-0.3, -0.25) is 9.59 Å². The molecule has 0 aliphatic heterocycles. The summed E-state index contributed by atoms with van der Waals surface area (Å²) in [5, 5.41) is 22.5. The smallest absolute Gasteiger partial charge is 0.328 e. The first-order valence-electron chi connectivity index (χ1n) is 10.5. The molecule has 0 radical (unpaired) electrons. The molecule has 0 aliphatic carbocycles. The van der Waals surface area contributed by atoms with E-state index in [9.17, 15) is 19.2 Å². The predicted octanol–water partition coefficient (Wildman–Crippen LogP) is 4.03. The number of rotatable bonds is 9. The number of nitrogens with one attached hydrogen (secondary N) is 2. The van der Waals surface area contributed by atoms with Crippen LogP contribution in [0.3, 0.4) is 0 Å². The fraction of sp³-hybridized carbons (Fsp3) is 0.0370. The van der Waals surface area contributed by atoms with Crippen LogP contribution in [0.25, 0.3) is 0 Å². The molecule has 0 heterocycles. The fourth-order valence-corrected chi connectivity index (χ4v) is 3.40. The van der Waals surface area contributed by atoms with E-state index in [1.807, 2.05) is 54.6 Å². The molecule has 35 heavy (non-hydrogen) atoms. The van der Waals surface area contributed by atoms with Crippen LogP contribution in [0.5, 0.6) is 0 Å². The van der Waals surface area contributed by atoms with E-state index >= 15 is 0 Å². The van der Waals surface area contributed by atoms with Crippen LogP contribution in [0.2, 0.25) is 0 Å².